The van der Waals surface area contributed by atoms with Crippen molar-refractivity contribution in [3.05, 3.63) is 23.8 Å². The molecule has 1 fully saturated rings. The highest BCUT2D eigenvalue weighted by Gasteiger charge is 2.32. The van der Waals surface area contributed by atoms with E-state index < -0.39 is 0 Å². The Kier molecular flexibility index (Phi) is 3.40. The van der Waals surface area contributed by atoms with E-state index in [0.29, 0.717) is 43.5 Å². The average Bonchev–Trinajstić information content (AvgIpc) is 2.72. The van der Waals surface area contributed by atoms with Gasteiger partial charge in [-0.15, -0.1) is 0 Å². The maximum Gasteiger partial charge on any atom is 0.170 e. The summed E-state index contributed by atoms with van der Waals surface area (Å²) in [7, 11) is 0. The molecule has 5 nitrogen and oxygen atoms in total. The van der Waals surface area contributed by atoms with Crippen molar-refractivity contribution in [1.29, 1.82) is 0 Å². The zero-order valence-corrected chi connectivity index (χ0v) is 10.6. The van der Waals surface area contributed by atoms with Crippen LogP contribution in [0.25, 0.3) is 0 Å². The summed E-state index contributed by atoms with van der Waals surface area (Å²) >= 11 is 0. The van der Waals surface area contributed by atoms with Gasteiger partial charge in [0.25, 0.3) is 0 Å². The predicted molar refractivity (Wildman–Crippen MR) is 68.7 cm³/mol. The van der Waals surface area contributed by atoms with E-state index >= 15 is 0 Å². The molecule has 0 bridgehead atoms. The smallest absolute Gasteiger partial charge is 0.170 e. The molecule has 2 unspecified atom stereocenters. The second-order valence-corrected chi connectivity index (χ2v) is 4.88. The maximum absolute atomic E-state index is 12.4. The first-order valence-corrected chi connectivity index (χ1v) is 6.53. The molecule has 1 aromatic carbocycles. The van der Waals surface area contributed by atoms with Gasteiger partial charge < -0.3 is 19.9 Å². The van der Waals surface area contributed by atoms with E-state index in [0.717, 1.165) is 6.42 Å². The number of carbonyl (C=O) groups excluding carboxylic acids is 1. The lowest BCUT2D eigenvalue weighted by atomic mass is 9.94. The van der Waals surface area contributed by atoms with Crippen molar-refractivity contribution in [3.63, 3.8) is 0 Å². The Morgan fingerprint density at radius 3 is 2.68 bits per heavy atom. The summed E-state index contributed by atoms with van der Waals surface area (Å²) in [5.41, 5.74) is 6.48. The van der Waals surface area contributed by atoms with Crippen molar-refractivity contribution in [2.45, 2.75) is 12.5 Å². The number of carbonyl (C=O) groups is 1. The molecule has 102 valence electrons. The number of hydrogen-bond donors (Lipinski definition) is 1. The number of rotatable bonds is 2. The monoisotopic (exact) mass is 263 g/mol. The predicted octanol–water partition coefficient (Wildman–Crippen LogP) is 1.00. The summed E-state index contributed by atoms with van der Waals surface area (Å²) < 4.78 is 16.4. The second kappa shape index (κ2) is 5.19. The van der Waals surface area contributed by atoms with Gasteiger partial charge in [0.1, 0.15) is 0 Å². The molecule has 2 heterocycles. The lowest BCUT2D eigenvalue weighted by Crippen LogP contribution is -2.34. The normalized spacial score (nSPS) is 25.9. The first-order valence-electron chi connectivity index (χ1n) is 6.53. The molecule has 3 rings (SSSR count). The van der Waals surface area contributed by atoms with Crippen LogP contribution >= 0.6 is 0 Å². The molecular weight excluding hydrogens is 246 g/mol. The molecule has 0 amide bonds. The van der Waals surface area contributed by atoms with Gasteiger partial charge >= 0.3 is 0 Å². The van der Waals surface area contributed by atoms with Crippen LogP contribution in [0.4, 0.5) is 0 Å². The fourth-order valence-electron chi connectivity index (χ4n) is 2.37. The van der Waals surface area contributed by atoms with Crippen LogP contribution in [-0.4, -0.2) is 38.3 Å². The summed E-state index contributed by atoms with van der Waals surface area (Å²) in [6.07, 6.45) is 0.847. The Labute approximate surface area is 111 Å². The second-order valence-electron chi connectivity index (χ2n) is 4.88. The fraction of sp³-hybridized carbons (Fsp3) is 0.500. The van der Waals surface area contributed by atoms with Crippen LogP contribution in [0.5, 0.6) is 11.5 Å². The van der Waals surface area contributed by atoms with Gasteiger partial charge in [0, 0.05) is 18.0 Å². The highest BCUT2D eigenvalue weighted by atomic mass is 16.5. The van der Waals surface area contributed by atoms with E-state index in [1.807, 2.05) is 0 Å². The molecule has 19 heavy (non-hydrogen) atoms. The number of Topliss-reactive ketones (excluding diaryl/α,β-unsaturated/α-hetero) is 1. The lowest BCUT2D eigenvalue weighted by Gasteiger charge is -2.13. The summed E-state index contributed by atoms with van der Waals surface area (Å²) in [5, 5.41) is 0. The number of fused-ring (bicyclic) bond motifs is 1. The van der Waals surface area contributed by atoms with E-state index in [-0.39, 0.29) is 17.7 Å². The lowest BCUT2D eigenvalue weighted by molar-refractivity contribution is 0.0895. The number of ketones is 1. The first kappa shape index (κ1) is 12.4. The van der Waals surface area contributed by atoms with E-state index in [1.54, 1.807) is 18.2 Å². The summed E-state index contributed by atoms with van der Waals surface area (Å²) in [4.78, 5) is 12.4. The Balaban J connectivity index is 1.85. The fourth-order valence-corrected chi connectivity index (χ4v) is 2.37. The molecule has 2 aliphatic rings. The third kappa shape index (κ3) is 2.43. The van der Waals surface area contributed by atoms with Crippen molar-refractivity contribution in [2.24, 2.45) is 11.7 Å². The van der Waals surface area contributed by atoms with Gasteiger partial charge in [-0.2, -0.15) is 0 Å². The summed E-state index contributed by atoms with van der Waals surface area (Å²) in [5.74, 6) is 1.09. The molecule has 5 heteroatoms. The van der Waals surface area contributed by atoms with Crippen LogP contribution in [0.2, 0.25) is 0 Å². The zero-order chi connectivity index (χ0) is 13.2. The van der Waals surface area contributed by atoms with Crippen molar-refractivity contribution < 1.29 is 19.0 Å². The van der Waals surface area contributed by atoms with E-state index in [1.165, 1.54) is 0 Å². The molecule has 2 aliphatic heterocycles. The van der Waals surface area contributed by atoms with Gasteiger partial charge in [-0.05, 0) is 18.2 Å². The number of ether oxygens (including phenoxy) is 3. The van der Waals surface area contributed by atoms with Crippen LogP contribution in [0.1, 0.15) is 16.8 Å². The van der Waals surface area contributed by atoms with Crippen LogP contribution in [-0.2, 0) is 4.74 Å². The van der Waals surface area contributed by atoms with Crippen molar-refractivity contribution in [3.8, 4) is 11.5 Å². The van der Waals surface area contributed by atoms with E-state index in [2.05, 4.69) is 0 Å². The third-order valence-electron chi connectivity index (χ3n) is 3.49. The van der Waals surface area contributed by atoms with E-state index in [4.69, 9.17) is 19.9 Å². The molecule has 0 aliphatic carbocycles. The van der Waals surface area contributed by atoms with Crippen LogP contribution in [0, 0.1) is 5.92 Å². The standard InChI is InChI=1S/C14H17NO4/c15-11-8-17-7-10(11)14(16)9-2-3-12-13(6-9)19-5-1-4-18-12/h2-3,6,10-11H,1,4-5,7-8,15H2. The third-order valence-corrected chi connectivity index (χ3v) is 3.49. The highest BCUT2D eigenvalue weighted by Crippen LogP contribution is 2.31. The summed E-state index contributed by atoms with van der Waals surface area (Å²) in [6, 6.07) is 5.08. The quantitative estimate of drug-likeness (QED) is 0.806. The Morgan fingerprint density at radius 1 is 1.16 bits per heavy atom. The number of nitrogens with two attached hydrogens (primary N) is 1. The van der Waals surface area contributed by atoms with Gasteiger partial charge in [0.15, 0.2) is 17.3 Å². The summed E-state index contributed by atoms with van der Waals surface area (Å²) in [6.45, 7) is 2.09. The maximum atomic E-state index is 12.4. The van der Waals surface area contributed by atoms with Gasteiger partial charge in [-0.1, -0.05) is 0 Å². The molecular formula is C14H17NO4. The largest absolute Gasteiger partial charge is 0.490 e. The molecule has 0 saturated carbocycles. The molecule has 2 atom stereocenters. The number of benzene rings is 1. The minimum atomic E-state index is -0.259. The van der Waals surface area contributed by atoms with Gasteiger partial charge in [-0.3, -0.25) is 4.79 Å². The van der Waals surface area contributed by atoms with Gasteiger partial charge in [-0.25, -0.2) is 0 Å². The van der Waals surface area contributed by atoms with E-state index in [9.17, 15) is 4.79 Å². The zero-order valence-electron chi connectivity index (χ0n) is 10.6. The minimum Gasteiger partial charge on any atom is -0.490 e. The van der Waals surface area contributed by atoms with Crippen molar-refractivity contribution in [2.75, 3.05) is 26.4 Å². The first-order chi connectivity index (χ1) is 9.25. The molecule has 2 N–H and O–H groups in total. The highest BCUT2D eigenvalue weighted by molar-refractivity contribution is 5.99. The topological polar surface area (TPSA) is 70.8 Å². The minimum absolute atomic E-state index is 0.0145. The molecule has 0 aromatic heterocycles. The van der Waals surface area contributed by atoms with Gasteiger partial charge in [0.2, 0.25) is 0 Å². The van der Waals surface area contributed by atoms with Gasteiger partial charge in [0.05, 0.1) is 32.3 Å². The molecule has 1 saturated heterocycles. The molecule has 0 spiro atoms. The molecule has 1 aromatic rings. The SMILES string of the molecule is NC1COCC1C(=O)c1ccc2c(c1)OCCCO2. The van der Waals surface area contributed by atoms with Crippen LogP contribution < -0.4 is 15.2 Å². The van der Waals surface area contributed by atoms with Crippen LogP contribution in [0.15, 0.2) is 18.2 Å². The van der Waals surface area contributed by atoms with Crippen molar-refractivity contribution >= 4 is 5.78 Å². The molecule has 0 radical (unpaired) electrons. The van der Waals surface area contributed by atoms with Crippen LogP contribution in [0.3, 0.4) is 0 Å². The Bertz CT molecular complexity index is 488. The number of hydrogen-bond acceptors (Lipinski definition) is 5. The average molecular weight is 263 g/mol. The Morgan fingerprint density at radius 2 is 1.95 bits per heavy atom. The Hall–Kier alpha value is -1.59. The van der Waals surface area contributed by atoms with Crippen molar-refractivity contribution in [1.82, 2.24) is 0 Å².